The van der Waals surface area contributed by atoms with Gasteiger partial charge >= 0.3 is 0 Å². The minimum Gasteiger partial charge on any atom is -0.489 e. The SMILES string of the molecule is Fc1cccc(COc2ccc(Cl)cc2)c1Br. The van der Waals surface area contributed by atoms with Gasteiger partial charge in [-0.25, -0.2) is 4.39 Å². The highest BCUT2D eigenvalue weighted by Gasteiger charge is 2.05. The zero-order valence-electron chi connectivity index (χ0n) is 8.79. The zero-order chi connectivity index (χ0) is 12.3. The monoisotopic (exact) mass is 314 g/mol. The van der Waals surface area contributed by atoms with Crippen LogP contribution in [-0.4, -0.2) is 0 Å². The lowest BCUT2D eigenvalue weighted by molar-refractivity contribution is 0.304. The van der Waals surface area contributed by atoms with Gasteiger partial charge in [-0.05, 0) is 46.3 Å². The zero-order valence-corrected chi connectivity index (χ0v) is 11.1. The molecular formula is C13H9BrClFO. The first-order chi connectivity index (χ1) is 8.16. The Bertz CT molecular complexity index is 513. The molecule has 0 heterocycles. The van der Waals surface area contributed by atoms with Crippen molar-refractivity contribution in [2.75, 3.05) is 0 Å². The maximum absolute atomic E-state index is 13.2. The normalized spacial score (nSPS) is 10.3. The molecule has 0 aliphatic heterocycles. The van der Waals surface area contributed by atoms with Crippen molar-refractivity contribution in [3.05, 3.63) is 63.3 Å². The van der Waals surface area contributed by atoms with Crippen LogP contribution < -0.4 is 4.74 Å². The predicted molar refractivity (Wildman–Crippen MR) is 69.9 cm³/mol. The third-order valence-electron chi connectivity index (χ3n) is 2.24. The molecule has 0 bridgehead atoms. The molecule has 0 atom stereocenters. The molecule has 0 saturated heterocycles. The molecule has 2 rings (SSSR count). The molecule has 0 amide bonds. The first-order valence-corrected chi connectivity index (χ1v) is 6.15. The van der Waals surface area contributed by atoms with E-state index in [0.717, 1.165) is 5.56 Å². The van der Waals surface area contributed by atoms with Gasteiger partial charge in [-0.1, -0.05) is 23.7 Å². The Hall–Kier alpha value is -1.06. The fourth-order valence-electron chi connectivity index (χ4n) is 1.35. The number of hydrogen-bond donors (Lipinski definition) is 0. The molecule has 0 radical (unpaired) electrons. The molecule has 1 nitrogen and oxygen atoms in total. The van der Waals surface area contributed by atoms with Gasteiger partial charge in [0.15, 0.2) is 0 Å². The Morgan fingerprint density at radius 3 is 2.53 bits per heavy atom. The Kier molecular flexibility index (Phi) is 4.02. The van der Waals surface area contributed by atoms with Gasteiger partial charge in [0.05, 0.1) is 4.47 Å². The van der Waals surface area contributed by atoms with Crippen LogP contribution in [0.5, 0.6) is 5.75 Å². The summed E-state index contributed by atoms with van der Waals surface area (Å²) in [4.78, 5) is 0. The average Bonchev–Trinajstić information content (AvgIpc) is 2.33. The molecule has 0 unspecified atom stereocenters. The molecule has 0 saturated carbocycles. The lowest BCUT2D eigenvalue weighted by atomic mass is 10.2. The summed E-state index contributed by atoms with van der Waals surface area (Å²) in [6, 6.07) is 11.9. The van der Waals surface area contributed by atoms with Crippen molar-refractivity contribution in [2.24, 2.45) is 0 Å². The van der Waals surface area contributed by atoms with Crippen LogP contribution in [0.15, 0.2) is 46.9 Å². The molecule has 2 aromatic rings. The van der Waals surface area contributed by atoms with Crippen molar-refractivity contribution >= 4 is 27.5 Å². The standard InChI is InChI=1S/C13H9BrClFO/c14-13-9(2-1-3-12(13)16)8-17-11-6-4-10(15)5-7-11/h1-7H,8H2. The average molecular weight is 316 g/mol. The first kappa shape index (κ1) is 12.4. The predicted octanol–water partition coefficient (Wildman–Crippen LogP) is 4.82. The molecule has 2 aromatic carbocycles. The second kappa shape index (κ2) is 5.52. The van der Waals surface area contributed by atoms with E-state index < -0.39 is 0 Å². The summed E-state index contributed by atoms with van der Waals surface area (Å²) in [7, 11) is 0. The third-order valence-corrected chi connectivity index (χ3v) is 3.38. The molecule has 0 fully saturated rings. The Morgan fingerprint density at radius 2 is 1.82 bits per heavy atom. The minimum absolute atomic E-state index is 0.290. The number of halogens is 3. The molecule has 0 aliphatic rings. The first-order valence-electron chi connectivity index (χ1n) is 4.98. The van der Waals surface area contributed by atoms with E-state index >= 15 is 0 Å². The molecule has 0 aromatic heterocycles. The molecule has 4 heteroatoms. The maximum Gasteiger partial charge on any atom is 0.137 e. The summed E-state index contributed by atoms with van der Waals surface area (Å²) < 4.78 is 19.2. The molecule has 17 heavy (non-hydrogen) atoms. The van der Waals surface area contributed by atoms with Crippen molar-refractivity contribution in [3.8, 4) is 5.75 Å². The van der Waals surface area contributed by atoms with Gasteiger partial charge in [-0.3, -0.25) is 0 Å². The van der Waals surface area contributed by atoms with Crippen LogP contribution in [0.25, 0.3) is 0 Å². The van der Waals surface area contributed by atoms with Gasteiger partial charge in [0, 0.05) is 10.6 Å². The Morgan fingerprint density at radius 1 is 1.12 bits per heavy atom. The minimum atomic E-state index is -0.290. The van der Waals surface area contributed by atoms with E-state index in [9.17, 15) is 4.39 Å². The van der Waals surface area contributed by atoms with Crippen molar-refractivity contribution in [2.45, 2.75) is 6.61 Å². The number of benzene rings is 2. The quantitative estimate of drug-likeness (QED) is 0.789. The summed E-state index contributed by atoms with van der Waals surface area (Å²) in [5, 5.41) is 0.657. The smallest absolute Gasteiger partial charge is 0.137 e. The summed E-state index contributed by atoms with van der Waals surface area (Å²) in [6.07, 6.45) is 0. The van der Waals surface area contributed by atoms with Crippen molar-refractivity contribution < 1.29 is 9.13 Å². The van der Waals surface area contributed by atoms with Gasteiger partial charge in [0.25, 0.3) is 0 Å². The lowest BCUT2D eigenvalue weighted by Crippen LogP contribution is -1.97. The van der Waals surface area contributed by atoms with Crippen molar-refractivity contribution in [1.29, 1.82) is 0 Å². The Balaban J connectivity index is 2.07. The fraction of sp³-hybridized carbons (Fsp3) is 0.0769. The van der Waals surface area contributed by atoms with E-state index in [1.807, 2.05) is 6.07 Å². The fourth-order valence-corrected chi connectivity index (χ4v) is 1.86. The van der Waals surface area contributed by atoms with Crippen LogP contribution in [0.4, 0.5) is 4.39 Å². The van der Waals surface area contributed by atoms with Crippen molar-refractivity contribution in [3.63, 3.8) is 0 Å². The highest BCUT2D eigenvalue weighted by molar-refractivity contribution is 9.10. The summed E-state index contributed by atoms with van der Waals surface area (Å²) in [6.45, 7) is 0.306. The van der Waals surface area contributed by atoms with Gasteiger partial charge in [-0.2, -0.15) is 0 Å². The van der Waals surface area contributed by atoms with E-state index in [-0.39, 0.29) is 5.82 Å². The number of ether oxygens (including phenoxy) is 1. The van der Waals surface area contributed by atoms with Crippen LogP contribution >= 0.6 is 27.5 Å². The van der Waals surface area contributed by atoms with Gasteiger partial charge in [0.1, 0.15) is 18.2 Å². The van der Waals surface area contributed by atoms with Crippen LogP contribution in [0.3, 0.4) is 0 Å². The van der Waals surface area contributed by atoms with Gasteiger partial charge in [-0.15, -0.1) is 0 Å². The second-order valence-electron chi connectivity index (χ2n) is 3.46. The van der Waals surface area contributed by atoms with E-state index in [1.165, 1.54) is 6.07 Å². The second-order valence-corrected chi connectivity index (χ2v) is 4.68. The highest BCUT2D eigenvalue weighted by atomic mass is 79.9. The highest BCUT2D eigenvalue weighted by Crippen LogP contribution is 2.22. The molecule has 88 valence electrons. The summed E-state index contributed by atoms with van der Waals surface area (Å²) in [5.74, 6) is 0.410. The van der Waals surface area contributed by atoms with Crippen LogP contribution in [-0.2, 0) is 6.61 Å². The number of rotatable bonds is 3. The molecular weight excluding hydrogens is 306 g/mol. The summed E-state index contributed by atoms with van der Waals surface area (Å²) >= 11 is 8.95. The third kappa shape index (κ3) is 3.20. The Labute approximate surface area is 112 Å². The van der Waals surface area contributed by atoms with E-state index in [1.54, 1.807) is 30.3 Å². The van der Waals surface area contributed by atoms with Crippen LogP contribution in [0.2, 0.25) is 5.02 Å². The van der Waals surface area contributed by atoms with E-state index in [2.05, 4.69) is 15.9 Å². The van der Waals surface area contributed by atoms with Gasteiger partial charge < -0.3 is 4.74 Å². The van der Waals surface area contributed by atoms with Crippen molar-refractivity contribution in [1.82, 2.24) is 0 Å². The summed E-state index contributed by atoms with van der Waals surface area (Å²) in [5.41, 5.74) is 0.764. The van der Waals surface area contributed by atoms with E-state index in [0.29, 0.717) is 21.9 Å². The molecule has 0 aliphatic carbocycles. The topological polar surface area (TPSA) is 9.23 Å². The maximum atomic E-state index is 13.2. The molecule has 0 N–H and O–H groups in total. The van der Waals surface area contributed by atoms with Gasteiger partial charge in [0.2, 0.25) is 0 Å². The molecule has 0 spiro atoms. The van der Waals surface area contributed by atoms with E-state index in [4.69, 9.17) is 16.3 Å². The lowest BCUT2D eigenvalue weighted by Gasteiger charge is -2.08. The largest absolute Gasteiger partial charge is 0.489 e. The van der Waals surface area contributed by atoms with Crippen LogP contribution in [0.1, 0.15) is 5.56 Å². The van der Waals surface area contributed by atoms with Crippen LogP contribution in [0, 0.1) is 5.82 Å². The number of hydrogen-bond acceptors (Lipinski definition) is 1.